The number of aryl methyl sites for hydroxylation is 1. The summed E-state index contributed by atoms with van der Waals surface area (Å²) >= 11 is 0. The van der Waals surface area contributed by atoms with Crippen molar-refractivity contribution in [1.29, 1.82) is 0 Å². The van der Waals surface area contributed by atoms with Crippen LogP contribution in [0.15, 0.2) is 42.5 Å². The Morgan fingerprint density at radius 2 is 1.77 bits per heavy atom. The van der Waals surface area contributed by atoms with Crippen molar-refractivity contribution in [1.82, 2.24) is 0 Å². The van der Waals surface area contributed by atoms with Crippen LogP contribution in [0.4, 0.5) is 5.69 Å². The van der Waals surface area contributed by atoms with Crippen LogP contribution in [0.2, 0.25) is 0 Å². The Morgan fingerprint density at radius 1 is 1.10 bits per heavy atom. The molecule has 1 heterocycles. The van der Waals surface area contributed by atoms with E-state index >= 15 is 0 Å². The standard InChI is InChI=1S/C25H31NO5/c1-5-30-23(27)21-16-20(10-11-22(21)31-17(2)3)26-24(28)25(12-14-29-15-13-25)19-8-6-18(4)7-9-19/h6-11,16-17H,5,12-15H2,1-4H3,(H,26,28). The molecule has 1 saturated heterocycles. The highest BCUT2D eigenvalue weighted by molar-refractivity contribution is 6.01. The predicted octanol–water partition coefficient (Wildman–Crippen LogP) is 4.65. The summed E-state index contributed by atoms with van der Waals surface area (Å²) in [6, 6.07) is 13.2. The third-order valence-corrected chi connectivity index (χ3v) is 5.48. The van der Waals surface area contributed by atoms with Gasteiger partial charge in [0.2, 0.25) is 5.91 Å². The molecule has 6 nitrogen and oxygen atoms in total. The van der Waals surface area contributed by atoms with Gasteiger partial charge < -0.3 is 19.5 Å². The minimum Gasteiger partial charge on any atom is -0.490 e. The Labute approximate surface area is 183 Å². The van der Waals surface area contributed by atoms with Crippen molar-refractivity contribution in [2.45, 2.75) is 52.1 Å². The van der Waals surface area contributed by atoms with Gasteiger partial charge in [-0.25, -0.2) is 4.79 Å². The molecule has 31 heavy (non-hydrogen) atoms. The minimum atomic E-state index is -0.677. The Balaban J connectivity index is 1.92. The molecule has 1 N–H and O–H groups in total. The summed E-state index contributed by atoms with van der Waals surface area (Å²) in [6.07, 6.45) is 1.10. The summed E-state index contributed by atoms with van der Waals surface area (Å²) in [7, 11) is 0. The normalized spacial score (nSPS) is 15.4. The van der Waals surface area contributed by atoms with E-state index in [1.807, 2.05) is 45.0 Å². The molecule has 1 aliphatic heterocycles. The monoisotopic (exact) mass is 425 g/mol. The van der Waals surface area contributed by atoms with Crippen LogP contribution in [0.3, 0.4) is 0 Å². The topological polar surface area (TPSA) is 73.9 Å². The summed E-state index contributed by atoms with van der Waals surface area (Å²) in [6.45, 7) is 8.86. The van der Waals surface area contributed by atoms with Crippen molar-refractivity contribution in [2.75, 3.05) is 25.1 Å². The number of esters is 1. The smallest absolute Gasteiger partial charge is 0.341 e. The number of ether oxygens (including phenoxy) is 3. The number of hydrogen-bond acceptors (Lipinski definition) is 5. The first-order valence-electron chi connectivity index (χ1n) is 10.8. The van der Waals surface area contributed by atoms with Crippen LogP contribution in [-0.4, -0.2) is 37.8 Å². The summed E-state index contributed by atoms with van der Waals surface area (Å²) in [5.74, 6) is -0.147. The van der Waals surface area contributed by atoms with E-state index < -0.39 is 11.4 Å². The maximum atomic E-state index is 13.5. The fourth-order valence-electron chi connectivity index (χ4n) is 3.82. The van der Waals surface area contributed by atoms with Crippen LogP contribution in [0, 0.1) is 6.92 Å². The molecule has 1 amide bonds. The third kappa shape index (κ3) is 5.25. The molecule has 0 radical (unpaired) electrons. The Bertz CT molecular complexity index is 914. The number of carbonyl (C=O) groups is 2. The van der Waals surface area contributed by atoms with Gasteiger partial charge in [-0.2, -0.15) is 0 Å². The Kier molecular flexibility index (Phi) is 7.33. The van der Waals surface area contributed by atoms with Gasteiger partial charge in [-0.3, -0.25) is 4.79 Å². The van der Waals surface area contributed by atoms with E-state index in [1.165, 1.54) is 0 Å². The lowest BCUT2D eigenvalue weighted by atomic mass is 9.73. The quantitative estimate of drug-likeness (QED) is 0.654. The molecule has 3 rings (SSSR count). The molecular formula is C25H31NO5. The second kappa shape index (κ2) is 9.96. The van der Waals surface area contributed by atoms with Gasteiger partial charge in [0.1, 0.15) is 11.3 Å². The molecule has 0 atom stereocenters. The average molecular weight is 426 g/mol. The fraction of sp³-hybridized carbons (Fsp3) is 0.440. The molecule has 166 valence electrons. The first kappa shape index (κ1) is 22.8. The van der Waals surface area contributed by atoms with E-state index in [9.17, 15) is 9.59 Å². The summed E-state index contributed by atoms with van der Waals surface area (Å²) in [5, 5.41) is 3.03. The third-order valence-electron chi connectivity index (χ3n) is 5.48. The van der Waals surface area contributed by atoms with Gasteiger partial charge in [0.25, 0.3) is 0 Å². The van der Waals surface area contributed by atoms with Crippen molar-refractivity contribution in [3.63, 3.8) is 0 Å². The van der Waals surface area contributed by atoms with E-state index in [2.05, 4.69) is 5.32 Å². The molecule has 1 fully saturated rings. The van der Waals surface area contributed by atoms with Crippen molar-refractivity contribution in [3.05, 3.63) is 59.2 Å². The minimum absolute atomic E-state index is 0.0966. The zero-order valence-corrected chi connectivity index (χ0v) is 18.7. The van der Waals surface area contributed by atoms with Gasteiger partial charge in [0.05, 0.1) is 18.1 Å². The average Bonchev–Trinajstić information content (AvgIpc) is 2.75. The molecule has 2 aromatic rings. The first-order valence-corrected chi connectivity index (χ1v) is 10.8. The molecule has 0 spiro atoms. The van der Waals surface area contributed by atoms with E-state index in [0.29, 0.717) is 43.1 Å². The molecule has 2 aromatic carbocycles. The predicted molar refractivity (Wildman–Crippen MR) is 120 cm³/mol. The number of anilines is 1. The summed E-state index contributed by atoms with van der Waals surface area (Å²) in [4.78, 5) is 26.0. The highest BCUT2D eigenvalue weighted by Gasteiger charge is 2.41. The van der Waals surface area contributed by atoms with Crippen LogP contribution >= 0.6 is 0 Å². The molecule has 0 unspecified atom stereocenters. The molecule has 0 saturated carbocycles. The van der Waals surface area contributed by atoms with Crippen LogP contribution in [0.5, 0.6) is 5.75 Å². The van der Waals surface area contributed by atoms with Crippen LogP contribution in [0.25, 0.3) is 0 Å². The fourth-order valence-corrected chi connectivity index (χ4v) is 3.82. The molecule has 6 heteroatoms. The van der Waals surface area contributed by atoms with Crippen molar-refractivity contribution in [3.8, 4) is 5.75 Å². The van der Waals surface area contributed by atoms with E-state index in [4.69, 9.17) is 14.2 Å². The molecular weight excluding hydrogens is 394 g/mol. The lowest BCUT2D eigenvalue weighted by molar-refractivity contribution is -0.125. The van der Waals surface area contributed by atoms with Gasteiger partial charge in [-0.1, -0.05) is 29.8 Å². The lowest BCUT2D eigenvalue weighted by Gasteiger charge is -2.36. The summed E-state index contributed by atoms with van der Waals surface area (Å²) < 4.78 is 16.5. The van der Waals surface area contributed by atoms with Crippen molar-refractivity contribution >= 4 is 17.6 Å². The largest absolute Gasteiger partial charge is 0.490 e. The van der Waals surface area contributed by atoms with Gasteiger partial charge in [0, 0.05) is 18.9 Å². The molecule has 0 aliphatic carbocycles. The molecule has 0 bridgehead atoms. The maximum absolute atomic E-state index is 13.5. The number of benzene rings is 2. The SMILES string of the molecule is CCOC(=O)c1cc(NC(=O)C2(c3ccc(C)cc3)CCOCC2)ccc1OC(C)C. The van der Waals surface area contributed by atoms with Crippen LogP contribution in [-0.2, 0) is 19.7 Å². The van der Waals surface area contributed by atoms with Crippen LogP contribution in [0.1, 0.15) is 55.1 Å². The number of nitrogens with one attached hydrogen (secondary N) is 1. The number of carbonyl (C=O) groups excluding carboxylic acids is 2. The Morgan fingerprint density at radius 3 is 2.39 bits per heavy atom. The zero-order chi connectivity index (χ0) is 22.4. The van der Waals surface area contributed by atoms with E-state index in [0.717, 1.165) is 11.1 Å². The number of hydrogen-bond donors (Lipinski definition) is 1. The lowest BCUT2D eigenvalue weighted by Crippen LogP contribution is -2.44. The zero-order valence-electron chi connectivity index (χ0n) is 18.7. The van der Waals surface area contributed by atoms with E-state index in [-0.39, 0.29) is 18.6 Å². The first-order chi connectivity index (χ1) is 14.9. The van der Waals surface area contributed by atoms with Gasteiger partial charge in [0.15, 0.2) is 0 Å². The van der Waals surface area contributed by atoms with Crippen molar-refractivity contribution < 1.29 is 23.8 Å². The molecule has 1 aliphatic rings. The van der Waals surface area contributed by atoms with E-state index in [1.54, 1.807) is 25.1 Å². The number of rotatable bonds is 7. The second-order valence-corrected chi connectivity index (χ2v) is 8.11. The highest BCUT2D eigenvalue weighted by atomic mass is 16.5. The second-order valence-electron chi connectivity index (χ2n) is 8.11. The number of amides is 1. The molecule has 0 aromatic heterocycles. The highest BCUT2D eigenvalue weighted by Crippen LogP contribution is 2.37. The van der Waals surface area contributed by atoms with Gasteiger partial charge >= 0.3 is 5.97 Å². The van der Waals surface area contributed by atoms with Crippen molar-refractivity contribution in [2.24, 2.45) is 0 Å². The Hall–Kier alpha value is -2.86. The van der Waals surface area contributed by atoms with Gasteiger partial charge in [-0.05, 0) is 64.3 Å². The maximum Gasteiger partial charge on any atom is 0.341 e. The van der Waals surface area contributed by atoms with Crippen LogP contribution < -0.4 is 10.1 Å². The van der Waals surface area contributed by atoms with Gasteiger partial charge in [-0.15, -0.1) is 0 Å². The summed E-state index contributed by atoms with van der Waals surface area (Å²) in [5.41, 5.74) is 2.27.